The van der Waals surface area contributed by atoms with Crippen LogP contribution in [0.3, 0.4) is 0 Å². The van der Waals surface area contributed by atoms with Gasteiger partial charge in [0.25, 0.3) is 0 Å². The maximum atomic E-state index is 10.4. The first kappa shape index (κ1) is 14.6. The summed E-state index contributed by atoms with van der Waals surface area (Å²) in [5.74, 6) is 0. The second kappa shape index (κ2) is 5.61. The van der Waals surface area contributed by atoms with Crippen LogP contribution in [0.2, 0.25) is 0 Å². The average molecular weight is 235 g/mol. The molecule has 1 aromatic rings. The third-order valence-electron chi connectivity index (χ3n) is 1.57. The van der Waals surface area contributed by atoms with E-state index in [1.54, 1.807) is 6.07 Å². The van der Waals surface area contributed by atoms with E-state index in [0.29, 0.717) is 0 Å². The Bertz CT molecular complexity index is 480. The van der Waals surface area contributed by atoms with Gasteiger partial charge in [0.05, 0.1) is 11.6 Å². The van der Waals surface area contributed by atoms with Crippen LogP contribution in [-0.2, 0) is 10.1 Å². The second-order valence-corrected chi connectivity index (χ2v) is 4.01. The molecule has 1 aromatic carbocycles. The van der Waals surface area contributed by atoms with Crippen LogP contribution in [0.15, 0.2) is 24.3 Å². The Morgan fingerprint density at radius 1 is 1.47 bits per heavy atom. The van der Waals surface area contributed by atoms with Crippen LogP contribution < -0.4 is 29.6 Å². The van der Waals surface area contributed by atoms with Crippen molar-refractivity contribution in [3.63, 3.8) is 0 Å². The van der Waals surface area contributed by atoms with Crippen LogP contribution in [0.1, 0.15) is 16.6 Å². The van der Waals surface area contributed by atoms with Crippen LogP contribution in [0, 0.1) is 11.3 Å². The molecule has 0 heterocycles. The van der Waals surface area contributed by atoms with Crippen molar-refractivity contribution in [1.29, 1.82) is 5.26 Å². The van der Waals surface area contributed by atoms with E-state index in [2.05, 4.69) is 0 Å². The van der Waals surface area contributed by atoms with Gasteiger partial charge >= 0.3 is 29.6 Å². The number of hydrogen-bond donors (Lipinski definition) is 1. The summed E-state index contributed by atoms with van der Waals surface area (Å²) in [6, 6.07) is 7.01. The van der Waals surface area contributed by atoms with Crippen molar-refractivity contribution in [2.45, 2.75) is 5.44 Å². The van der Waals surface area contributed by atoms with E-state index in [4.69, 9.17) is 10.4 Å². The van der Waals surface area contributed by atoms with Gasteiger partial charge in [-0.2, -0.15) is 5.26 Å². The molecule has 0 fully saturated rings. The Morgan fingerprint density at radius 3 is 2.53 bits per heavy atom. The van der Waals surface area contributed by atoms with Crippen molar-refractivity contribution in [2.75, 3.05) is 0 Å². The first-order chi connectivity index (χ1) is 6.45. The van der Waals surface area contributed by atoms with E-state index in [9.17, 15) is 13.0 Å². The number of hydrogen-bond acceptors (Lipinski definition) is 5. The van der Waals surface area contributed by atoms with Gasteiger partial charge in [0, 0.05) is 0 Å². The second-order valence-electron chi connectivity index (χ2n) is 2.58. The maximum Gasteiger partial charge on any atom is 1.00 e. The maximum absolute atomic E-state index is 10.4. The molecule has 7 heteroatoms. The Balaban J connectivity index is 0.00000196. The van der Waals surface area contributed by atoms with E-state index >= 15 is 0 Å². The molecule has 0 bridgehead atoms. The van der Waals surface area contributed by atoms with Crippen LogP contribution in [0.4, 0.5) is 0 Å². The van der Waals surface area contributed by atoms with E-state index in [0.717, 1.165) is 6.07 Å². The van der Waals surface area contributed by atoms with Crippen molar-refractivity contribution >= 4 is 10.1 Å². The van der Waals surface area contributed by atoms with Crippen LogP contribution >= 0.6 is 0 Å². The van der Waals surface area contributed by atoms with Gasteiger partial charge in [-0.15, -0.1) is 0 Å². The zero-order chi connectivity index (χ0) is 10.8. The third kappa shape index (κ3) is 3.91. The minimum Gasteiger partial charge on any atom is -0.746 e. The third-order valence-corrected chi connectivity index (χ3v) is 2.39. The number of rotatable bonds is 2. The van der Waals surface area contributed by atoms with Gasteiger partial charge in [-0.05, 0) is 17.7 Å². The molecule has 0 saturated heterocycles. The number of nitrogens with zero attached hydrogens (tertiary/aromatic N) is 1. The molecule has 0 aliphatic heterocycles. The molecule has 1 unspecified atom stereocenters. The SMILES string of the molecule is N#Cc1cccc(C(O)S(=O)(=O)[O-])c1.[Na+]. The van der Waals surface area contributed by atoms with Crippen molar-refractivity contribution in [3.05, 3.63) is 35.4 Å². The standard InChI is InChI=1S/C8H7NO4S.Na/c9-5-6-2-1-3-7(4-6)8(10)14(11,12)13;/h1-4,8,10H,(H,11,12,13);/q;+1/p-1. The molecule has 1 N–H and O–H groups in total. The van der Waals surface area contributed by atoms with Gasteiger partial charge < -0.3 is 9.66 Å². The van der Waals surface area contributed by atoms with Gasteiger partial charge in [-0.3, -0.25) is 0 Å². The Kier molecular flexibility index (Phi) is 5.45. The molecule has 15 heavy (non-hydrogen) atoms. The van der Waals surface area contributed by atoms with Gasteiger partial charge in [0.2, 0.25) is 0 Å². The fourth-order valence-corrected chi connectivity index (χ4v) is 1.41. The number of benzene rings is 1. The zero-order valence-electron chi connectivity index (χ0n) is 7.91. The first-order valence-electron chi connectivity index (χ1n) is 3.58. The van der Waals surface area contributed by atoms with Gasteiger partial charge in [0.15, 0.2) is 5.44 Å². The molecule has 1 atom stereocenters. The summed E-state index contributed by atoms with van der Waals surface area (Å²) in [6.45, 7) is 0. The van der Waals surface area contributed by atoms with Crippen LogP contribution in [0.5, 0.6) is 0 Å². The van der Waals surface area contributed by atoms with Crippen molar-refractivity contribution in [2.24, 2.45) is 0 Å². The molecular formula is C8H6NNaO4S. The van der Waals surface area contributed by atoms with E-state index in [-0.39, 0.29) is 40.7 Å². The summed E-state index contributed by atoms with van der Waals surface area (Å²) in [4.78, 5) is 0. The predicted molar refractivity (Wildman–Crippen MR) is 45.8 cm³/mol. The summed E-state index contributed by atoms with van der Waals surface area (Å²) in [5.41, 5.74) is -2.03. The first-order valence-corrected chi connectivity index (χ1v) is 5.05. The topological polar surface area (TPSA) is 101 Å². The summed E-state index contributed by atoms with van der Waals surface area (Å²) >= 11 is 0. The monoisotopic (exact) mass is 235 g/mol. The molecule has 0 spiro atoms. The fraction of sp³-hybridized carbons (Fsp3) is 0.125. The summed E-state index contributed by atoms with van der Waals surface area (Å²) in [5, 5.41) is 17.6. The van der Waals surface area contributed by atoms with Gasteiger partial charge in [-0.25, -0.2) is 8.42 Å². The molecule has 5 nitrogen and oxygen atoms in total. The summed E-state index contributed by atoms with van der Waals surface area (Å²) < 4.78 is 31.3. The van der Waals surface area contributed by atoms with Crippen molar-refractivity contribution in [1.82, 2.24) is 0 Å². The van der Waals surface area contributed by atoms with Gasteiger partial charge in [-0.1, -0.05) is 12.1 Å². The molecular weight excluding hydrogens is 229 g/mol. The minimum atomic E-state index is -4.78. The van der Waals surface area contributed by atoms with Crippen molar-refractivity contribution in [3.8, 4) is 6.07 Å². The Hall–Kier alpha value is -0.420. The molecule has 0 amide bonds. The molecule has 0 aliphatic rings. The van der Waals surface area contributed by atoms with Gasteiger partial charge in [0.1, 0.15) is 10.1 Å². The quantitative estimate of drug-likeness (QED) is 0.437. The van der Waals surface area contributed by atoms with Crippen molar-refractivity contribution < 1.29 is 47.6 Å². The van der Waals surface area contributed by atoms with Crippen LogP contribution in [0.25, 0.3) is 0 Å². The molecule has 0 saturated carbocycles. The fourth-order valence-electron chi connectivity index (χ4n) is 0.928. The van der Waals surface area contributed by atoms with Crippen LogP contribution in [-0.4, -0.2) is 18.1 Å². The molecule has 1 rings (SSSR count). The normalized spacial score (nSPS) is 12.3. The Morgan fingerprint density at radius 2 is 2.07 bits per heavy atom. The average Bonchev–Trinajstić information content (AvgIpc) is 2.15. The van der Waals surface area contributed by atoms with E-state index in [1.165, 1.54) is 18.2 Å². The zero-order valence-corrected chi connectivity index (χ0v) is 10.7. The number of aliphatic hydroxyl groups excluding tert-OH is 1. The smallest absolute Gasteiger partial charge is 0.746 e. The molecule has 0 aromatic heterocycles. The molecule has 0 aliphatic carbocycles. The summed E-state index contributed by atoms with van der Waals surface area (Å²) in [6.07, 6.45) is 0. The molecule has 74 valence electrons. The largest absolute Gasteiger partial charge is 1.00 e. The molecule has 0 radical (unpaired) electrons. The number of nitriles is 1. The summed E-state index contributed by atoms with van der Waals surface area (Å²) in [7, 11) is -4.78. The minimum absolute atomic E-state index is 0. The predicted octanol–water partition coefficient (Wildman–Crippen LogP) is -2.90. The Labute approximate surface area is 109 Å². The number of aliphatic hydroxyl groups is 1. The van der Waals surface area contributed by atoms with E-state index in [1.807, 2.05) is 0 Å². The van der Waals surface area contributed by atoms with E-state index < -0.39 is 15.6 Å².